The number of benzene rings is 1. The molecule has 0 bridgehead atoms. The van der Waals surface area contributed by atoms with Gasteiger partial charge in [0.25, 0.3) is 0 Å². The van der Waals surface area contributed by atoms with E-state index in [9.17, 15) is 14.7 Å². The molecule has 2 N–H and O–H groups in total. The molecule has 3 rings (SSSR count). The summed E-state index contributed by atoms with van der Waals surface area (Å²) in [5.41, 5.74) is 2.22. The number of amides is 1. The Kier molecular flexibility index (Phi) is 3.92. The van der Waals surface area contributed by atoms with Gasteiger partial charge in [0, 0.05) is 25.6 Å². The van der Waals surface area contributed by atoms with Gasteiger partial charge in [-0.2, -0.15) is 0 Å². The summed E-state index contributed by atoms with van der Waals surface area (Å²) in [4.78, 5) is 25.4. The Labute approximate surface area is 123 Å². The summed E-state index contributed by atoms with van der Waals surface area (Å²) in [5, 5.41) is 12.6. The van der Waals surface area contributed by atoms with E-state index in [2.05, 4.69) is 5.32 Å². The molecular formula is C16H20N2O3. The lowest BCUT2D eigenvalue weighted by atomic mass is 9.94. The fourth-order valence-electron chi connectivity index (χ4n) is 3.29. The molecule has 1 aromatic rings. The van der Waals surface area contributed by atoms with E-state index in [4.69, 9.17) is 0 Å². The number of carbonyl (C=O) groups excluding carboxylic acids is 1. The average molecular weight is 288 g/mol. The summed E-state index contributed by atoms with van der Waals surface area (Å²) < 4.78 is 0. The molecule has 2 heterocycles. The van der Waals surface area contributed by atoms with E-state index in [1.807, 2.05) is 11.0 Å². The highest BCUT2D eigenvalue weighted by Gasteiger charge is 2.26. The highest BCUT2D eigenvalue weighted by Crippen LogP contribution is 2.23. The fraction of sp³-hybridized carbons (Fsp3) is 0.500. The van der Waals surface area contributed by atoms with Gasteiger partial charge in [-0.1, -0.05) is 12.1 Å². The Morgan fingerprint density at radius 3 is 2.95 bits per heavy atom. The molecule has 112 valence electrons. The number of nitrogens with one attached hydrogen (secondary N) is 1. The minimum atomic E-state index is -0.887. The quantitative estimate of drug-likeness (QED) is 0.882. The first-order chi connectivity index (χ1) is 10.1. The van der Waals surface area contributed by atoms with E-state index < -0.39 is 5.97 Å². The minimum Gasteiger partial charge on any atom is -0.478 e. The zero-order chi connectivity index (χ0) is 14.8. The standard InChI is InChI=1S/C16H20N2O3/c19-15(9-12-4-2-7-17-12)18-8-6-13-11(10-18)3-1-5-14(13)16(20)21/h1,3,5,12,17H,2,4,6-10H2,(H,20,21). The van der Waals surface area contributed by atoms with Crippen LogP contribution in [0.3, 0.4) is 0 Å². The topological polar surface area (TPSA) is 69.6 Å². The highest BCUT2D eigenvalue weighted by atomic mass is 16.4. The second-order valence-corrected chi connectivity index (χ2v) is 5.81. The molecule has 2 aliphatic rings. The molecule has 0 saturated carbocycles. The van der Waals surface area contributed by atoms with Crippen molar-refractivity contribution < 1.29 is 14.7 Å². The van der Waals surface area contributed by atoms with Crippen LogP contribution in [0.25, 0.3) is 0 Å². The fourth-order valence-corrected chi connectivity index (χ4v) is 3.29. The summed E-state index contributed by atoms with van der Waals surface area (Å²) in [5.74, 6) is -0.720. The van der Waals surface area contributed by atoms with Gasteiger partial charge in [0.1, 0.15) is 0 Å². The first-order valence-corrected chi connectivity index (χ1v) is 7.50. The molecule has 0 aliphatic carbocycles. The number of rotatable bonds is 3. The predicted octanol–water partition coefficient (Wildman–Crippen LogP) is 1.41. The van der Waals surface area contributed by atoms with Crippen LogP contribution in [0, 0.1) is 0 Å². The van der Waals surface area contributed by atoms with Crippen molar-refractivity contribution >= 4 is 11.9 Å². The van der Waals surface area contributed by atoms with Crippen molar-refractivity contribution in [1.29, 1.82) is 0 Å². The van der Waals surface area contributed by atoms with Gasteiger partial charge in [0.15, 0.2) is 0 Å². The Balaban J connectivity index is 1.71. The zero-order valence-corrected chi connectivity index (χ0v) is 12.0. The van der Waals surface area contributed by atoms with Crippen LogP contribution < -0.4 is 5.32 Å². The van der Waals surface area contributed by atoms with Crippen LogP contribution in [0.1, 0.15) is 40.7 Å². The number of hydrogen-bond acceptors (Lipinski definition) is 3. The van der Waals surface area contributed by atoms with E-state index in [1.54, 1.807) is 12.1 Å². The number of hydrogen-bond donors (Lipinski definition) is 2. The van der Waals surface area contributed by atoms with Crippen LogP contribution in [-0.2, 0) is 17.8 Å². The normalized spacial score (nSPS) is 21.1. The molecule has 5 heteroatoms. The molecular weight excluding hydrogens is 268 g/mol. The molecule has 1 amide bonds. The third-order valence-electron chi connectivity index (χ3n) is 4.43. The summed E-state index contributed by atoms with van der Waals surface area (Å²) in [7, 11) is 0. The maximum absolute atomic E-state index is 12.4. The molecule has 0 aromatic heterocycles. The average Bonchev–Trinajstić information content (AvgIpc) is 2.98. The minimum absolute atomic E-state index is 0.167. The van der Waals surface area contributed by atoms with Crippen LogP contribution >= 0.6 is 0 Å². The van der Waals surface area contributed by atoms with Crippen molar-refractivity contribution in [1.82, 2.24) is 10.2 Å². The third kappa shape index (κ3) is 2.93. The predicted molar refractivity (Wildman–Crippen MR) is 78.2 cm³/mol. The number of aromatic carboxylic acids is 1. The first kappa shape index (κ1) is 14.1. The van der Waals surface area contributed by atoms with Crippen molar-refractivity contribution in [3.05, 3.63) is 34.9 Å². The van der Waals surface area contributed by atoms with Gasteiger partial charge in [-0.05, 0) is 43.0 Å². The molecule has 0 spiro atoms. The summed E-state index contributed by atoms with van der Waals surface area (Å²) in [6, 6.07) is 5.63. The van der Waals surface area contributed by atoms with Crippen LogP contribution in [-0.4, -0.2) is 41.0 Å². The van der Waals surface area contributed by atoms with Crippen LogP contribution in [0.4, 0.5) is 0 Å². The largest absolute Gasteiger partial charge is 0.478 e. The van der Waals surface area contributed by atoms with Crippen molar-refractivity contribution in [2.45, 2.75) is 38.3 Å². The highest BCUT2D eigenvalue weighted by molar-refractivity contribution is 5.90. The van der Waals surface area contributed by atoms with Gasteiger partial charge >= 0.3 is 5.97 Å². The molecule has 1 unspecified atom stereocenters. The van der Waals surface area contributed by atoms with Gasteiger partial charge < -0.3 is 15.3 Å². The van der Waals surface area contributed by atoms with E-state index in [-0.39, 0.29) is 5.91 Å². The van der Waals surface area contributed by atoms with Crippen LogP contribution in [0.2, 0.25) is 0 Å². The summed E-state index contributed by atoms with van der Waals surface area (Å²) in [6.45, 7) is 2.15. The number of carboxylic acids is 1. The van der Waals surface area contributed by atoms with Gasteiger partial charge in [-0.25, -0.2) is 4.79 Å². The molecule has 1 fully saturated rings. The van der Waals surface area contributed by atoms with E-state index in [1.165, 1.54) is 0 Å². The monoisotopic (exact) mass is 288 g/mol. The molecule has 1 atom stereocenters. The smallest absolute Gasteiger partial charge is 0.335 e. The van der Waals surface area contributed by atoms with Crippen molar-refractivity contribution in [3.8, 4) is 0 Å². The van der Waals surface area contributed by atoms with E-state index >= 15 is 0 Å². The Hall–Kier alpha value is -1.88. The van der Waals surface area contributed by atoms with Crippen molar-refractivity contribution in [2.75, 3.05) is 13.1 Å². The molecule has 1 aromatic carbocycles. The lowest BCUT2D eigenvalue weighted by molar-refractivity contribution is -0.132. The number of carbonyl (C=O) groups is 2. The number of fused-ring (bicyclic) bond motifs is 1. The third-order valence-corrected chi connectivity index (χ3v) is 4.43. The Morgan fingerprint density at radius 2 is 2.24 bits per heavy atom. The Bertz CT molecular complexity index is 565. The SMILES string of the molecule is O=C(O)c1cccc2c1CCN(C(=O)CC1CCCN1)C2. The molecule has 21 heavy (non-hydrogen) atoms. The second kappa shape index (κ2) is 5.85. The van der Waals surface area contributed by atoms with Gasteiger partial charge in [0.2, 0.25) is 5.91 Å². The second-order valence-electron chi connectivity index (χ2n) is 5.81. The number of nitrogens with zero attached hydrogens (tertiary/aromatic N) is 1. The van der Waals surface area contributed by atoms with Crippen LogP contribution in [0.5, 0.6) is 0 Å². The lowest BCUT2D eigenvalue weighted by Gasteiger charge is -2.30. The van der Waals surface area contributed by atoms with E-state index in [0.717, 1.165) is 30.5 Å². The molecule has 1 saturated heterocycles. The zero-order valence-electron chi connectivity index (χ0n) is 12.0. The van der Waals surface area contributed by atoms with Crippen molar-refractivity contribution in [2.24, 2.45) is 0 Å². The number of carboxylic acid groups (broad SMARTS) is 1. The van der Waals surface area contributed by atoms with Crippen molar-refractivity contribution in [3.63, 3.8) is 0 Å². The van der Waals surface area contributed by atoms with Gasteiger partial charge in [-0.3, -0.25) is 4.79 Å². The summed E-state index contributed by atoms with van der Waals surface area (Å²) in [6.07, 6.45) is 3.39. The summed E-state index contributed by atoms with van der Waals surface area (Å²) >= 11 is 0. The first-order valence-electron chi connectivity index (χ1n) is 7.50. The molecule has 0 radical (unpaired) electrons. The van der Waals surface area contributed by atoms with Gasteiger partial charge in [0.05, 0.1) is 5.56 Å². The Morgan fingerprint density at radius 1 is 1.38 bits per heavy atom. The lowest BCUT2D eigenvalue weighted by Crippen LogP contribution is -2.39. The van der Waals surface area contributed by atoms with E-state index in [0.29, 0.717) is 37.5 Å². The maximum Gasteiger partial charge on any atom is 0.335 e. The molecule has 2 aliphatic heterocycles. The molecule has 5 nitrogen and oxygen atoms in total. The maximum atomic E-state index is 12.4. The van der Waals surface area contributed by atoms with Crippen LogP contribution in [0.15, 0.2) is 18.2 Å². The van der Waals surface area contributed by atoms with Gasteiger partial charge in [-0.15, -0.1) is 0 Å².